The molecule has 7 heteroatoms. The van der Waals surface area contributed by atoms with Crippen molar-refractivity contribution in [3.63, 3.8) is 0 Å². The third-order valence-corrected chi connectivity index (χ3v) is 7.52. The predicted molar refractivity (Wildman–Crippen MR) is 146 cm³/mol. The summed E-state index contributed by atoms with van der Waals surface area (Å²) in [5.74, 6) is -7.01. The highest BCUT2D eigenvalue weighted by Crippen LogP contribution is 2.40. The lowest BCUT2D eigenvalue weighted by molar-refractivity contribution is 0.314. The Morgan fingerprint density at radius 2 is 1.43 bits per heavy atom. The first-order chi connectivity index (χ1) is 19.3. The molecule has 0 atom stereocenters. The van der Waals surface area contributed by atoms with Gasteiger partial charge in [-0.25, -0.2) is 22.0 Å². The fourth-order valence-corrected chi connectivity index (χ4v) is 5.29. The summed E-state index contributed by atoms with van der Waals surface area (Å²) in [5.41, 5.74) is -0.0382. The van der Waals surface area contributed by atoms with Crippen molar-refractivity contribution >= 4 is 6.08 Å². The fraction of sp³-hybridized carbons (Fsp3) is 0.333. The molecule has 0 spiro atoms. The van der Waals surface area contributed by atoms with Crippen LogP contribution in [0.5, 0.6) is 5.75 Å². The van der Waals surface area contributed by atoms with Crippen LogP contribution in [0.2, 0.25) is 0 Å². The SMILES string of the molecule is CC=CCCc1ccc(C=CC2CCC(c3ccc(-c4ccc(OCC)c(F)c4F)c(F)c3F)CC2)c(F)c1F. The molecule has 0 radical (unpaired) electrons. The van der Waals surface area contributed by atoms with Gasteiger partial charge < -0.3 is 4.74 Å². The molecule has 0 saturated heterocycles. The van der Waals surface area contributed by atoms with Crippen molar-refractivity contribution in [2.75, 3.05) is 6.61 Å². The maximum atomic E-state index is 15.1. The van der Waals surface area contributed by atoms with E-state index in [2.05, 4.69) is 0 Å². The van der Waals surface area contributed by atoms with Crippen LogP contribution in [0, 0.1) is 40.8 Å². The Bertz CT molecular complexity index is 1400. The lowest BCUT2D eigenvalue weighted by Gasteiger charge is -2.27. The minimum Gasteiger partial charge on any atom is -0.491 e. The first-order valence-electron chi connectivity index (χ1n) is 13.6. The van der Waals surface area contributed by atoms with Gasteiger partial charge >= 0.3 is 0 Å². The van der Waals surface area contributed by atoms with Crippen molar-refractivity contribution in [3.8, 4) is 16.9 Å². The van der Waals surface area contributed by atoms with E-state index in [9.17, 15) is 17.6 Å². The first-order valence-corrected chi connectivity index (χ1v) is 13.6. The van der Waals surface area contributed by atoms with Crippen LogP contribution >= 0.6 is 0 Å². The van der Waals surface area contributed by atoms with E-state index in [0.29, 0.717) is 44.1 Å². The summed E-state index contributed by atoms with van der Waals surface area (Å²) in [6.45, 7) is 3.63. The minimum atomic E-state index is -1.30. The first kappa shape index (κ1) is 29.5. The van der Waals surface area contributed by atoms with Crippen molar-refractivity contribution in [3.05, 3.63) is 106 Å². The molecule has 212 valence electrons. The van der Waals surface area contributed by atoms with E-state index in [1.54, 1.807) is 25.1 Å². The van der Waals surface area contributed by atoms with Gasteiger partial charge in [-0.15, -0.1) is 0 Å². The van der Waals surface area contributed by atoms with E-state index in [1.807, 2.05) is 25.2 Å². The van der Waals surface area contributed by atoms with Crippen LogP contribution in [-0.2, 0) is 6.42 Å². The zero-order valence-electron chi connectivity index (χ0n) is 22.6. The van der Waals surface area contributed by atoms with Crippen molar-refractivity contribution in [2.24, 2.45) is 5.92 Å². The molecule has 0 aliphatic heterocycles. The zero-order chi connectivity index (χ0) is 28.8. The summed E-state index contributed by atoms with van der Waals surface area (Å²) < 4.78 is 93.1. The zero-order valence-corrected chi connectivity index (χ0v) is 22.6. The van der Waals surface area contributed by atoms with E-state index in [4.69, 9.17) is 4.74 Å². The third kappa shape index (κ3) is 6.29. The van der Waals surface area contributed by atoms with Crippen molar-refractivity contribution in [1.29, 1.82) is 0 Å². The number of hydrogen-bond acceptors (Lipinski definition) is 1. The van der Waals surface area contributed by atoms with E-state index in [0.717, 1.165) is 0 Å². The van der Waals surface area contributed by atoms with Crippen LogP contribution in [-0.4, -0.2) is 6.61 Å². The van der Waals surface area contributed by atoms with Gasteiger partial charge in [0.15, 0.2) is 34.8 Å². The molecule has 1 nitrogen and oxygen atoms in total. The number of benzene rings is 3. The summed E-state index contributed by atoms with van der Waals surface area (Å²) >= 11 is 0. The van der Waals surface area contributed by atoms with Gasteiger partial charge in [-0.2, -0.15) is 4.39 Å². The normalized spacial score (nSPS) is 17.7. The highest BCUT2D eigenvalue weighted by molar-refractivity contribution is 5.67. The van der Waals surface area contributed by atoms with Crippen LogP contribution in [0.25, 0.3) is 17.2 Å². The van der Waals surface area contributed by atoms with Gasteiger partial charge in [-0.05, 0) is 87.5 Å². The number of hydrogen-bond donors (Lipinski definition) is 0. The van der Waals surface area contributed by atoms with Gasteiger partial charge in [-0.1, -0.05) is 48.6 Å². The number of aryl methyl sites for hydroxylation is 1. The molecule has 4 rings (SSSR count). The molecule has 1 aliphatic rings. The number of halogens is 6. The molecule has 1 aliphatic carbocycles. The van der Waals surface area contributed by atoms with Crippen LogP contribution in [0.3, 0.4) is 0 Å². The lowest BCUT2D eigenvalue weighted by atomic mass is 9.78. The van der Waals surface area contributed by atoms with Crippen molar-refractivity contribution in [2.45, 2.75) is 58.3 Å². The van der Waals surface area contributed by atoms with Gasteiger partial charge in [0.25, 0.3) is 0 Å². The smallest absolute Gasteiger partial charge is 0.201 e. The van der Waals surface area contributed by atoms with Gasteiger partial charge in [0.2, 0.25) is 5.82 Å². The Labute approximate surface area is 231 Å². The highest BCUT2D eigenvalue weighted by atomic mass is 19.2. The van der Waals surface area contributed by atoms with Crippen molar-refractivity contribution < 1.29 is 31.1 Å². The highest BCUT2D eigenvalue weighted by Gasteiger charge is 2.27. The van der Waals surface area contributed by atoms with E-state index >= 15 is 8.78 Å². The molecule has 3 aromatic rings. The Balaban J connectivity index is 1.43. The molecule has 0 N–H and O–H groups in total. The molecule has 1 fully saturated rings. The number of allylic oxidation sites excluding steroid dienone is 3. The molecular formula is C33H32F6O. The Morgan fingerprint density at radius 1 is 0.750 bits per heavy atom. The van der Waals surface area contributed by atoms with Gasteiger partial charge in [0.1, 0.15) is 0 Å². The minimum absolute atomic E-state index is 0.0844. The molecule has 1 saturated carbocycles. The Hall–Kier alpha value is -3.48. The summed E-state index contributed by atoms with van der Waals surface area (Å²) in [4.78, 5) is 0. The maximum Gasteiger partial charge on any atom is 0.201 e. The number of rotatable bonds is 9. The van der Waals surface area contributed by atoms with E-state index in [1.165, 1.54) is 24.3 Å². The molecule has 40 heavy (non-hydrogen) atoms. The van der Waals surface area contributed by atoms with Crippen molar-refractivity contribution in [1.82, 2.24) is 0 Å². The topological polar surface area (TPSA) is 9.23 Å². The Morgan fingerprint density at radius 3 is 2.10 bits per heavy atom. The monoisotopic (exact) mass is 558 g/mol. The largest absolute Gasteiger partial charge is 0.491 e. The quantitative estimate of drug-likeness (QED) is 0.188. The summed E-state index contributed by atoms with van der Waals surface area (Å²) in [6.07, 6.45) is 10.7. The molecule has 0 unspecified atom stereocenters. The lowest BCUT2D eigenvalue weighted by Crippen LogP contribution is -2.14. The molecule has 0 amide bonds. The summed E-state index contributed by atoms with van der Waals surface area (Å²) in [7, 11) is 0. The van der Waals surface area contributed by atoms with E-state index in [-0.39, 0.29) is 46.4 Å². The molecule has 0 bridgehead atoms. The van der Waals surface area contributed by atoms with Gasteiger partial charge in [-0.3, -0.25) is 0 Å². The van der Waals surface area contributed by atoms with Crippen LogP contribution in [0.15, 0.2) is 54.6 Å². The standard InChI is InChI=1S/C33H32F6O/c1-3-5-6-7-22-14-15-23(29(35)28(22)34)13-10-20-8-11-21(12-9-20)24-16-17-25(31(37)30(24)36)26-18-19-27(40-4-2)33(39)32(26)38/h3,5,10,13-21H,4,6-9,11-12H2,1-2H3. The molecular weight excluding hydrogens is 526 g/mol. The fourth-order valence-electron chi connectivity index (χ4n) is 5.29. The van der Waals surface area contributed by atoms with Crippen LogP contribution in [0.1, 0.15) is 68.6 Å². The third-order valence-electron chi connectivity index (χ3n) is 7.52. The van der Waals surface area contributed by atoms with Crippen LogP contribution in [0.4, 0.5) is 26.3 Å². The van der Waals surface area contributed by atoms with E-state index < -0.39 is 34.9 Å². The summed E-state index contributed by atoms with van der Waals surface area (Å²) in [6, 6.07) is 8.24. The second-order valence-electron chi connectivity index (χ2n) is 10.0. The summed E-state index contributed by atoms with van der Waals surface area (Å²) in [5, 5.41) is 0. The molecule has 0 heterocycles. The second-order valence-corrected chi connectivity index (χ2v) is 10.0. The molecule has 0 aromatic heterocycles. The maximum absolute atomic E-state index is 15.1. The predicted octanol–water partition coefficient (Wildman–Crippen LogP) is 10.1. The average Bonchev–Trinajstić information content (AvgIpc) is 2.96. The number of ether oxygens (including phenoxy) is 1. The molecule has 3 aromatic carbocycles. The van der Waals surface area contributed by atoms with Gasteiger partial charge in [0.05, 0.1) is 6.61 Å². The second kappa shape index (κ2) is 13.2. The average molecular weight is 559 g/mol. The van der Waals surface area contributed by atoms with Crippen LogP contribution < -0.4 is 4.74 Å². The Kier molecular flexibility index (Phi) is 9.77. The van der Waals surface area contributed by atoms with Gasteiger partial charge in [0, 0.05) is 16.7 Å².